The summed E-state index contributed by atoms with van der Waals surface area (Å²) in [4.78, 5) is 8.25. The zero-order valence-electron chi connectivity index (χ0n) is 10.8. The van der Waals surface area contributed by atoms with Crippen molar-refractivity contribution >= 4 is 11.6 Å². The summed E-state index contributed by atoms with van der Waals surface area (Å²) in [7, 11) is 0. The smallest absolute Gasteiger partial charge is 0.224 e. The first-order valence-electron chi connectivity index (χ1n) is 6.00. The molecular weight excluding hydrogens is 278 g/mol. The van der Waals surface area contributed by atoms with E-state index in [4.69, 9.17) is 26.3 Å². The number of benzene rings is 1. The molecule has 0 fully saturated rings. The lowest BCUT2D eigenvalue weighted by molar-refractivity contribution is 0.128. The van der Waals surface area contributed by atoms with Gasteiger partial charge in [0.15, 0.2) is 5.82 Å². The molecule has 1 heterocycles. The maximum Gasteiger partial charge on any atom is 0.224 e. The standard InChI is InChI=1S/C14H12ClN3O2/c1-2-19-9-13-17-12(15)7-14(18-13)20-11-5-3-10(8-16)4-6-11/h3-7H,2,9H2,1H3. The van der Waals surface area contributed by atoms with E-state index in [9.17, 15) is 0 Å². The highest BCUT2D eigenvalue weighted by molar-refractivity contribution is 6.29. The van der Waals surface area contributed by atoms with Crippen molar-refractivity contribution in [1.82, 2.24) is 9.97 Å². The number of hydrogen-bond acceptors (Lipinski definition) is 5. The molecule has 1 aromatic carbocycles. The van der Waals surface area contributed by atoms with Gasteiger partial charge in [-0.3, -0.25) is 0 Å². The van der Waals surface area contributed by atoms with Gasteiger partial charge in [0.25, 0.3) is 0 Å². The molecule has 6 heteroatoms. The highest BCUT2D eigenvalue weighted by Crippen LogP contribution is 2.22. The number of aromatic nitrogens is 2. The molecule has 0 radical (unpaired) electrons. The first-order chi connectivity index (χ1) is 9.71. The highest BCUT2D eigenvalue weighted by Gasteiger charge is 2.06. The van der Waals surface area contributed by atoms with Crippen molar-refractivity contribution in [3.8, 4) is 17.7 Å². The zero-order valence-corrected chi connectivity index (χ0v) is 11.6. The van der Waals surface area contributed by atoms with E-state index in [1.165, 1.54) is 6.07 Å². The summed E-state index contributed by atoms with van der Waals surface area (Å²) in [6.07, 6.45) is 0. The number of rotatable bonds is 5. The van der Waals surface area contributed by atoms with Crippen LogP contribution in [0.4, 0.5) is 0 Å². The van der Waals surface area contributed by atoms with Gasteiger partial charge in [-0.2, -0.15) is 10.2 Å². The van der Waals surface area contributed by atoms with E-state index in [2.05, 4.69) is 9.97 Å². The fraction of sp³-hybridized carbons (Fsp3) is 0.214. The van der Waals surface area contributed by atoms with Crippen LogP contribution in [-0.4, -0.2) is 16.6 Å². The van der Waals surface area contributed by atoms with Crippen LogP contribution in [0.1, 0.15) is 18.3 Å². The normalized spacial score (nSPS) is 10.1. The van der Waals surface area contributed by atoms with Gasteiger partial charge >= 0.3 is 0 Å². The van der Waals surface area contributed by atoms with Crippen LogP contribution in [-0.2, 0) is 11.3 Å². The summed E-state index contributed by atoms with van der Waals surface area (Å²) in [6.45, 7) is 2.74. The van der Waals surface area contributed by atoms with Gasteiger partial charge in [0.2, 0.25) is 5.88 Å². The molecule has 0 N–H and O–H groups in total. The predicted octanol–water partition coefficient (Wildman–Crippen LogP) is 3.33. The van der Waals surface area contributed by atoms with Crippen molar-refractivity contribution in [1.29, 1.82) is 5.26 Å². The summed E-state index contributed by atoms with van der Waals surface area (Å²) in [5, 5.41) is 9.02. The Labute approximate surface area is 121 Å². The van der Waals surface area contributed by atoms with Crippen molar-refractivity contribution in [3.05, 3.63) is 46.9 Å². The maximum absolute atomic E-state index is 8.73. The molecule has 102 valence electrons. The minimum atomic E-state index is 0.279. The Morgan fingerprint density at radius 2 is 2.00 bits per heavy atom. The third-order valence-corrected chi connectivity index (χ3v) is 2.55. The number of ether oxygens (including phenoxy) is 2. The second kappa shape index (κ2) is 6.85. The van der Waals surface area contributed by atoms with Crippen LogP contribution >= 0.6 is 11.6 Å². The fourth-order valence-corrected chi connectivity index (χ4v) is 1.66. The summed E-state index contributed by atoms with van der Waals surface area (Å²) < 4.78 is 10.8. The summed E-state index contributed by atoms with van der Waals surface area (Å²) in [6, 6.07) is 10.3. The molecule has 0 aliphatic rings. The van der Waals surface area contributed by atoms with Crippen LogP contribution in [0.25, 0.3) is 0 Å². The molecular formula is C14H12ClN3O2. The average Bonchev–Trinajstić information content (AvgIpc) is 2.45. The minimum Gasteiger partial charge on any atom is -0.439 e. The van der Waals surface area contributed by atoms with Gasteiger partial charge in [0.05, 0.1) is 11.6 Å². The van der Waals surface area contributed by atoms with Crippen molar-refractivity contribution in [2.45, 2.75) is 13.5 Å². The van der Waals surface area contributed by atoms with Gasteiger partial charge in [-0.1, -0.05) is 11.6 Å². The molecule has 1 aromatic heterocycles. The van der Waals surface area contributed by atoms with Gasteiger partial charge < -0.3 is 9.47 Å². The SMILES string of the molecule is CCOCc1nc(Cl)cc(Oc2ccc(C#N)cc2)n1. The molecule has 0 saturated carbocycles. The lowest BCUT2D eigenvalue weighted by Crippen LogP contribution is -2.01. The maximum atomic E-state index is 8.73. The summed E-state index contributed by atoms with van der Waals surface area (Å²) >= 11 is 5.91. The number of hydrogen-bond donors (Lipinski definition) is 0. The molecule has 0 saturated heterocycles. The van der Waals surface area contributed by atoms with Crippen LogP contribution in [0, 0.1) is 11.3 Å². The monoisotopic (exact) mass is 289 g/mol. The molecule has 2 rings (SSSR count). The van der Waals surface area contributed by atoms with Gasteiger partial charge in [0.1, 0.15) is 17.5 Å². The molecule has 5 nitrogen and oxygen atoms in total. The fourth-order valence-electron chi connectivity index (χ4n) is 1.47. The summed E-state index contributed by atoms with van der Waals surface area (Å²) in [5.41, 5.74) is 0.565. The Hall–Kier alpha value is -2.16. The van der Waals surface area contributed by atoms with Gasteiger partial charge in [-0.15, -0.1) is 0 Å². The number of halogens is 1. The molecule has 0 unspecified atom stereocenters. The molecule has 0 spiro atoms. The van der Waals surface area contributed by atoms with E-state index in [1.807, 2.05) is 13.0 Å². The Bertz CT molecular complexity index is 623. The first kappa shape index (κ1) is 14.3. The molecule has 2 aromatic rings. The van der Waals surface area contributed by atoms with Crippen LogP contribution in [0.3, 0.4) is 0 Å². The second-order valence-electron chi connectivity index (χ2n) is 3.82. The van der Waals surface area contributed by atoms with E-state index < -0.39 is 0 Å². The number of nitrogens with zero attached hydrogens (tertiary/aromatic N) is 3. The van der Waals surface area contributed by atoms with Crippen molar-refractivity contribution in [2.75, 3.05) is 6.61 Å². The van der Waals surface area contributed by atoms with Crippen LogP contribution in [0.15, 0.2) is 30.3 Å². The second-order valence-corrected chi connectivity index (χ2v) is 4.21. The van der Waals surface area contributed by atoms with Gasteiger partial charge in [0, 0.05) is 12.7 Å². The zero-order chi connectivity index (χ0) is 14.4. The number of nitriles is 1. The van der Waals surface area contributed by atoms with Crippen molar-refractivity contribution < 1.29 is 9.47 Å². The minimum absolute atomic E-state index is 0.279. The quantitative estimate of drug-likeness (QED) is 0.790. The molecule has 20 heavy (non-hydrogen) atoms. The molecule has 0 amide bonds. The van der Waals surface area contributed by atoms with E-state index >= 15 is 0 Å². The van der Waals surface area contributed by atoms with Gasteiger partial charge in [-0.25, -0.2) is 4.98 Å². The van der Waals surface area contributed by atoms with Gasteiger partial charge in [-0.05, 0) is 31.2 Å². The van der Waals surface area contributed by atoms with E-state index in [0.29, 0.717) is 34.8 Å². The Kier molecular flexibility index (Phi) is 4.88. The topological polar surface area (TPSA) is 68.0 Å². The lowest BCUT2D eigenvalue weighted by Gasteiger charge is -2.07. The van der Waals surface area contributed by atoms with Crippen LogP contribution in [0.2, 0.25) is 5.15 Å². The molecule has 0 bridgehead atoms. The molecule has 0 atom stereocenters. The Balaban J connectivity index is 2.15. The summed E-state index contributed by atoms with van der Waals surface area (Å²) in [5.74, 6) is 1.37. The van der Waals surface area contributed by atoms with Crippen molar-refractivity contribution in [3.63, 3.8) is 0 Å². The highest BCUT2D eigenvalue weighted by atomic mass is 35.5. The molecule has 0 aliphatic carbocycles. The first-order valence-corrected chi connectivity index (χ1v) is 6.38. The van der Waals surface area contributed by atoms with E-state index in [0.717, 1.165) is 0 Å². The van der Waals surface area contributed by atoms with E-state index in [-0.39, 0.29) is 6.61 Å². The Morgan fingerprint density at radius 1 is 1.25 bits per heavy atom. The van der Waals surface area contributed by atoms with Crippen LogP contribution < -0.4 is 4.74 Å². The lowest BCUT2D eigenvalue weighted by atomic mass is 10.2. The largest absolute Gasteiger partial charge is 0.439 e. The predicted molar refractivity (Wildman–Crippen MR) is 73.6 cm³/mol. The average molecular weight is 290 g/mol. The third kappa shape index (κ3) is 3.92. The Morgan fingerprint density at radius 3 is 2.65 bits per heavy atom. The van der Waals surface area contributed by atoms with Crippen LogP contribution in [0.5, 0.6) is 11.6 Å². The third-order valence-electron chi connectivity index (χ3n) is 2.36. The van der Waals surface area contributed by atoms with E-state index in [1.54, 1.807) is 24.3 Å². The molecule has 0 aliphatic heterocycles. The van der Waals surface area contributed by atoms with Crippen molar-refractivity contribution in [2.24, 2.45) is 0 Å².